The van der Waals surface area contributed by atoms with Crippen molar-refractivity contribution in [2.75, 3.05) is 58.3 Å². The van der Waals surface area contributed by atoms with Gasteiger partial charge in [-0.3, -0.25) is 4.99 Å². The summed E-state index contributed by atoms with van der Waals surface area (Å²) in [7, 11) is 4.04. The van der Waals surface area contributed by atoms with Gasteiger partial charge in [0.05, 0.1) is 0 Å². The predicted molar refractivity (Wildman–Crippen MR) is 131 cm³/mol. The molecule has 2 aliphatic heterocycles. The van der Waals surface area contributed by atoms with Gasteiger partial charge in [0, 0.05) is 81.2 Å². The third-order valence-electron chi connectivity index (χ3n) is 7.31. The minimum Gasteiger partial charge on any atom is -0.369 e. The van der Waals surface area contributed by atoms with Crippen molar-refractivity contribution in [1.82, 2.24) is 20.4 Å². The maximum atomic E-state index is 6.63. The number of rotatable bonds is 5. The van der Waals surface area contributed by atoms with E-state index < -0.39 is 0 Å². The molecule has 2 N–H and O–H groups in total. The molecule has 1 saturated carbocycles. The molecule has 0 radical (unpaired) electrons. The molecule has 3 aliphatic rings. The normalized spacial score (nSPS) is 22.8. The highest BCUT2D eigenvalue weighted by atomic mass is 35.5. The second kappa shape index (κ2) is 10.9. The number of piperidine rings is 1. The second-order valence-corrected chi connectivity index (χ2v) is 9.75. The van der Waals surface area contributed by atoms with Gasteiger partial charge in [-0.05, 0) is 44.9 Å². The Labute approximate surface area is 193 Å². The Morgan fingerprint density at radius 1 is 1.03 bits per heavy atom. The first-order valence-electron chi connectivity index (χ1n) is 12.1. The number of likely N-dealkylation sites (N-methyl/N-ethyl adjacent to an activating group) is 1. The number of anilines is 1. The van der Waals surface area contributed by atoms with Crippen LogP contribution in [0, 0.1) is 0 Å². The van der Waals surface area contributed by atoms with Gasteiger partial charge in [0.15, 0.2) is 5.96 Å². The highest BCUT2D eigenvalue weighted by Crippen LogP contribution is 2.29. The van der Waals surface area contributed by atoms with Crippen LogP contribution in [0.25, 0.3) is 0 Å². The van der Waals surface area contributed by atoms with E-state index in [1.54, 1.807) is 0 Å². The second-order valence-electron chi connectivity index (χ2n) is 9.35. The van der Waals surface area contributed by atoms with Gasteiger partial charge in [-0.2, -0.15) is 0 Å². The number of halogens is 1. The molecule has 0 aromatic heterocycles. The Morgan fingerprint density at radius 2 is 1.74 bits per heavy atom. The third kappa shape index (κ3) is 5.85. The number of piperazine rings is 1. The van der Waals surface area contributed by atoms with E-state index in [0.29, 0.717) is 12.6 Å². The number of nitrogens with zero attached hydrogens (tertiary/aromatic N) is 4. The molecular weight excluding hydrogens is 408 g/mol. The van der Waals surface area contributed by atoms with Crippen LogP contribution >= 0.6 is 11.6 Å². The lowest BCUT2D eigenvalue weighted by atomic mass is 10.0. The maximum Gasteiger partial charge on any atom is 0.191 e. The Morgan fingerprint density at radius 3 is 2.42 bits per heavy atom. The van der Waals surface area contributed by atoms with Crippen molar-refractivity contribution in [3.05, 3.63) is 28.8 Å². The zero-order valence-corrected chi connectivity index (χ0v) is 20.0. The van der Waals surface area contributed by atoms with Crippen LogP contribution in [0.3, 0.4) is 0 Å². The molecule has 2 heterocycles. The fraction of sp³-hybridized carbons (Fsp3) is 0.708. The first-order chi connectivity index (χ1) is 15.1. The fourth-order valence-corrected chi connectivity index (χ4v) is 5.54. The molecule has 1 aromatic rings. The molecular formula is C24H39ClN6. The molecule has 3 fully saturated rings. The average Bonchev–Trinajstić information content (AvgIpc) is 3.33. The number of likely N-dealkylation sites (tertiary alicyclic amines) is 1. The number of aliphatic imine (C=N–C) groups is 1. The Hall–Kier alpha value is -1.50. The smallest absolute Gasteiger partial charge is 0.191 e. The van der Waals surface area contributed by atoms with Crippen molar-refractivity contribution >= 4 is 23.2 Å². The van der Waals surface area contributed by atoms with E-state index in [0.717, 1.165) is 48.8 Å². The molecule has 0 unspecified atom stereocenters. The number of hydrogen-bond acceptors (Lipinski definition) is 4. The zero-order chi connectivity index (χ0) is 21.6. The number of guanidine groups is 1. The number of benzene rings is 1. The molecule has 0 spiro atoms. The minimum absolute atomic E-state index is 0.493. The van der Waals surface area contributed by atoms with Gasteiger partial charge in [0.2, 0.25) is 0 Å². The van der Waals surface area contributed by atoms with Crippen LogP contribution in [0.4, 0.5) is 5.69 Å². The largest absolute Gasteiger partial charge is 0.369 e. The van der Waals surface area contributed by atoms with Crippen molar-refractivity contribution in [3.8, 4) is 0 Å². The molecule has 2 saturated heterocycles. The predicted octanol–water partition coefficient (Wildman–Crippen LogP) is 3.16. The molecule has 4 rings (SSSR count). The van der Waals surface area contributed by atoms with Crippen LogP contribution in [-0.4, -0.2) is 81.2 Å². The lowest BCUT2D eigenvalue weighted by molar-refractivity contribution is 0.150. The molecule has 0 bridgehead atoms. The van der Waals surface area contributed by atoms with E-state index in [1.807, 2.05) is 13.1 Å². The van der Waals surface area contributed by atoms with E-state index in [2.05, 4.69) is 49.5 Å². The van der Waals surface area contributed by atoms with Crippen LogP contribution in [0.15, 0.2) is 23.2 Å². The van der Waals surface area contributed by atoms with E-state index in [1.165, 1.54) is 57.3 Å². The topological polar surface area (TPSA) is 46.1 Å². The maximum absolute atomic E-state index is 6.63. The molecule has 6 nitrogen and oxygen atoms in total. The fourth-order valence-electron chi connectivity index (χ4n) is 5.30. The monoisotopic (exact) mass is 446 g/mol. The quantitative estimate of drug-likeness (QED) is 0.537. The summed E-state index contributed by atoms with van der Waals surface area (Å²) in [5.41, 5.74) is 2.40. The van der Waals surface area contributed by atoms with E-state index in [4.69, 9.17) is 11.6 Å². The first kappa shape index (κ1) is 22.7. The summed E-state index contributed by atoms with van der Waals surface area (Å²) in [5.74, 6) is 0.878. The van der Waals surface area contributed by atoms with Gasteiger partial charge in [0.1, 0.15) is 0 Å². The van der Waals surface area contributed by atoms with Crippen LogP contribution < -0.4 is 15.5 Å². The Kier molecular flexibility index (Phi) is 7.96. The van der Waals surface area contributed by atoms with Gasteiger partial charge in [-0.25, -0.2) is 0 Å². The van der Waals surface area contributed by atoms with Crippen molar-refractivity contribution in [2.45, 2.75) is 57.2 Å². The van der Waals surface area contributed by atoms with Crippen LogP contribution in [0.1, 0.15) is 44.1 Å². The summed E-state index contributed by atoms with van der Waals surface area (Å²) >= 11 is 6.63. The summed E-state index contributed by atoms with van der Waals surface area (Å²) < 4.78 is 0. The summed E-state index contributed by atoms with van der Waals surface area (Å²) in [4.78, 5) is 12.0. The van der Waals surface area contributed by atoms with Gasteiger partial charge in [-0.1, -0.05) is 30.5 Å². The van der Waals surface area contributed by atoms with Gasteiger partial charge >= 0.3 is 0 Å². The summed E-state index contributed by atoms with van der Waals surface area (Å²) in [6, 6.07) is 7.58. The zero-order valence-electron chi connectivity index (χ0n) is 19.2. The Balaban J connectivity index is 1.31. The standard InChI is InChI=1S/C24H39ClN6/c1-26-24(28-19-10-12-30(13-11-19)20-6-3-4-7-20)27-18-21-22(25)8-5-9-23(21)31-16-14-29(2)15-17-31/h5,8-9,19-20H,3-4,6-7,10-18H2,1-2H3,(H2,26,27,28). The average molecular weight is 447 g/mol. The molecule has 7 heteroatoms. The van der Waals surface area contributed by atoms with Gasteiger partial charge in [-0.15, -0.1) is 0 Å². The van der Waals surface area contributed by atoms with Crippen LogP contribution in [0.2, 0.25) is 5.02 Å². The lowest BCUT2D eigenvalue weighted by Gasteiger charge is -2.37. The van der Waals surface area contributed by atoms with Crippen molar-refractivity contribution in [3.63, 3.8) is 0 Å². The highest BCUT2D eigenvalue weighted by molar-refractivity contribution is 6.31. The van der Waals surface area contributed by atoms with Gasteiger partial charge in [0.25, 0.3) is 0 Å². The summed E-state index contributed by atoms with van der Waals surface area (Å²) in [6.45, 7) is 7.34. The van der Waals surface area contributed by atoms with Crippen LogP contribution in [-0.2, 0) is 6.54 Å². The van der Waals surface area contributed by atoms with Gasteiger partial charge < -0.3 is 25.3 Å². The van der Waals surface area contributed by atoms with E-state index in [-0.39, 0.29) is 0 Å². The summed E-state index contributed by atoms with van der Waals surface area (Å²) in [5, 5.41) is 8.02. The lowest BCUT2D eigenvalue weighted by Crippen LogP contribution is -2.50. The minimum atomic E-state index is 0.493. The highest BCUT2D eigenvalue weighted by Gasteiger charge is 2.27. The third-order valence-corrected chi connectivity index (χ3v) is 7.66. The SMILES string of the molecule is CN=C(NCc1c(Cl)cccc1N1CCN(C)CC1)NC1CCN(C2CCCC2)CC1. The van der Waals surface area contributed by atoms with Crippen molar-refractivity contribution in [1.29, 1.82) is 0 Å². The van der Waals surface area contributed by atoms with Crippen LogP contribution in [0.5, 0.6) is 0 Å². The molecule has 1 aromatic carbocycles. The first-order valence-corrected chi connectivity index (χ1v) is 12.4. The summed E-state index contributed by atoms with van der Waals surface area (Å²) in [6.07, 6.45) is 8.00. The molecule has 0 atom stereocenters. The number of hydrogen-bond donors (Lipinski definition) is 2. The molecule has 31 heavy (non-hydrogen) atoms. The van der Waals surface area contributed by atoms with Crippen molar-refractivity contribution < 1.29 is 0 Å². The molecule has 1 aliphatic carbocycles. The molecule has 0 amide bonds. The van der Waals surface area contributed by atoms with E-state index >= 15 is 0 Å². The van der Waals surface area contributed by atoms with E-state index in [9.17, 15) is 0 Å². The van der Waals surface area contributed by atoms with Crippen molar-refractivity contribution in [2.24, 2.45) is 4.99 Å². The number of nitrogens with one attached hydrogen (secondary N) is 2. The Bertz CT molecular complexity index is 732. The molecule has 172 valence electrons.